The molecule has 0 bridgehead atoms. The summed E-state index contributed by atoms with van der Waals surface area (Å²) in [6.07, 6.45) is 3.69. The van der Waals surface area contributed by atoms with Crippen LogP contribution in [0, 0.1) is 11.8 Å². The topological polar surface area (TPSA) is 290 Å². The molecule has 0 unspecified atom stereocenters. The number of hydrogen-bond acceptors (Lipinski definition) is 13. The molecule has 0 spiro atoms. The maximum Gasteiger partial charge on any atom is 0.246 e. The molecule has 2 rings (SSSR count). The van der Waals surface area contributed by atoms with Crippen LogP contribution < -0.4 is 43.0 Å². The fourth-order valence-electron chi connectivity index (χ4n) is 6.79. The highest BCUT2D eigenvalue weighted by molar-refractivity contribution is 7.80. The number of thiol groups is 1. The first-order chi connectivity index (χ1) is 27.6. The van der Waals surface area contributed by atoms with Crippen molar-refractivity contribution in [2.75, 3.05) is 32.0 Å². The first-order valence-corrected chi connectivity index (χ1v) is 21.1. The molecular formula is C38H67N9O10S. The zero-order valence-corrected chi connectivity index (χ0v) is 35.4. The van der Waals surface area contributed by atoms with Gasteiger partial charge in [-0.25, -0.2) is 0 Å². The maximum absolute atomic E-state index is 13.6. The Hall–Kier alpha value is -3.85. The molecule has 20 heteroatoms. The summed E-state index contributed by atoms with van der Waals surface area (Å²) in [7, 11) is 0. The number of nitrogens with one attached hydrogen (secondary N) is 7. The van der Waals surface area contributed by atoms with Crippen molar-refractivity contribution < 1.29 is 48.6 Å². The van der Waals surface area contributed by atoms with Crippen LogP contribution in [0.15, 0.2) is 0 Å². The minimum Gasteiger partial charge on any atom is -0.394 e. The van der Waals surface area contributed by atoms with E-state index in [0.29, 0.717) is 64.3 Å². The average Bonchev–Trinajstić information content (AvgIpc) is 3.94. The number of aldehydes is 1. The molecule has 0 saturated carbocycles. The van der Waals surface area contributed by atoms with Crippen LogP contribution in [0.25, 0.3) is 0 Å². The third kappa shape index (κ3) is 14.8. The second-order valence-electron chi connectivity index (χ2n) is 15.3. The first kappa shape index (κ1) is 50.3. The van der Waals surface area contributed by atoms with Crippen LogP contribution in [0.2, 0.25) is 0 Å². The summed E-state index contributed by atoms with van der Waals surface area (Å²) in [4.78, 5) is 107. The number of carbonyl (C=O) groups excluding carboxylic acids is 8. The maximum atomic E-state index is 13.6. The van der Waals surface area contributed by atoms with Gasteiger partial charge in [-0.15, -0.1) is 0 Å². The Kier molecular flexibility index (Phi) is 22.2. The van der Waals surface area contributed by atoms with Crippen LogP contribution in [-0.2, 0) is 38.4 Å². The number of unbranched alkanes of at least 4 members (excludes halogenated alkanes) is 1. The van der Waals surface area contributed by atoms with E-state index in [-0.39, 0.29) is 36.5 Å². The van der Waals surface area contributed by atoms with Gasteiger partial charge in [-0.05, 0) is 76.8 Å². The smallest absolute Gasteiger partial charge is 0.246 e. The molecule has 7 amide bonds. The van der Waals surface area contributed by atoms with Gasteiger partial charge >= 0.3 is 0 Å². The molecule has 0 radical (unpaired) electrons. The van der Waals surface area contributed by atoms with Crippen molar-refractivity contribution in [3.05, 3.63) is 0 Å². The number of rotatable bonds is 25. The fourth-order valence-corrected chi connectivity index (χ4v) is 7.05. The Bertz CT molecular complexity index is 1400. The molecule has 0 aromatic heterocycles. The van der Waals surface area contributed by atoms with Gasteiger partial charge in [-0.1, -0.05) is 40.5 Å². The molecule has 0 aromatic carbocycles. The van der Waals surface area contributed by atoms with Crippen molar-refractivity contribution in [1.29, 1.82) is 0 Å². The van der Waals surface area contributed by atoms with Gasteiger partial charge in [0.05, 0.1) is 24.8 Å². The highest BCUT2D eigenvalue weighted by Gasteiger charge is 2.39. The molecule has 2 heterocycles. The normalized spacial score (nSPS) is 21.2. The number of likely N-dealkylation sites (tertiary alicyclic amines) is 1. The van der Waals surface area contributed by atoms with Crippen LogP contribution in [0.1, 0.15) is 92.4 Å². The van der Waals surface area contributed by atoms with E-state index >= 15 is 0 Å². The number of nitrogens with two attached hydrogens (primary N) is 1. The third-order valence-electron chi connectivity index (χ3n) is 11.0. The highest BCUT2D eigenvalue weighted by atomic mass is 32.1. The van der Waals surface area contributed by atoms with Crippen LogP contribution in [0.5, 0.6) is 0 Å². The second kappa shape index (κ2) is 25.6. The molecular weight excluding hydrogens is 775 g/mol. The van der Waals surface area contributed by atoms with E-state index in [4.69, 9.17) is 5.73 Å². The van der Waals surface area contributed by atoms with Gasteiger partial charge in [0, 0.05) is 12.3 Å². The molecule has 2 saturated heterocycles. The molecule has 19 nitrogen and oxygen atoms in total. The summed E-state index contributed by atoms with van der Waals surface area (Å²) in [5.41, 5.74) is 5.65. The Labute approximate surface area is 346 Å². The highest BCUT2D eigenvalue weighted by Crippen LogP contribution is 2.20. The van der Waals surface area contributed by atoms with E-state index in [1.807, 2.05) is 13.8 Å². The zero-order chi connectivity index (χ0) is 43.5. The Morgan fingerprint density at radius 2 is 1.34 bits per heavy atom. The lowest BCUT2D eigenvalue weighted by molar-refractivity contribution is -0.141. The van der Waals surface area contributed by atoms with E-state index in [1.165, 1.54) is 11.8 Å². The second-order valence-corrected chi connectivity index (χ2v) is 15.7. The third-order valence-corrected chi connectivity index (χ3v) is 11.3. The van der Waals surface area contributed by atoms with Gasteiger partial charge in [-0.2, -0.15) is 12.6 Å². The van der Waals surface area contributed by atoms with Crippen molar-refractivity contribution in [3.63, 3.8) is 0 Å². The van der Waals surface area contributed by atoms with Crippen LogP contribution in [0.3, 0.4) is 0 Å². The number of nitrogens with zero attached hydrogens (tertiary/aromatic N) is 1. The summed E-state index contributed by atoms with van der Waals surface area (Å²) in [6.45, 7) is 8.93. The monoisotopic (exact) mass is 841 g/mol. The van der Waals surface area contributed by atoms with Crippen LogP contribution in [0.4, 0.5) is 0 Å². The van der Waals surface area contributed by atoms with Gasteiger partial charge in [0.25, 0.3) is 0 Å². The van der Waals surface area contributed by atoms with Crippen molar-refractivity contribution in [2.24, 2.45) is 17.6 Å². The summed E-state index contributed by atoms with van der Waals surface area (Å²) in [5.74, 6) is -5.81. The standard InChI is InChI=1S/C38H67N9O10S/c1-6-21(3)29(44-32(51)25-14-10-16-40-25)36(55)43-28(20-58)35(54)46-31(23(5)50)37(56)41-26(13-8-9-15-39)33(52)42-27(19-49)34(53)45-30(22(4)7-2)38(57)47-17-11-12-24(47)18-48/h18,21-31,40,49-50,58H,6-17,19-20,39H2,1-5H3,(H,41,56)(H,42,52)(H,43,55)(H,44,51)(H,45,53)(H,46,54)/t21-,22-,23+,24-,25-,26-,27-,28-,29-,30-,31-/m0/s1. The quantitative estimate of drug-likeness (QED) is 0.0256. The molecule has 0 aliphatic carbocycles. The van der Waals surface area contributed by atoms with Gasteiger partial charge in [0.2, 0.25) is 41.4 Å². The van der Waals surface area contributed by atoms with Gasteiger partial charge in [0.15, 0.2) is 0 Å². The van der Waals surface area contributed by atoms with E-state index in [2.05, 4.69) is 49.8 Å². The zero-order valence-electron chi connectivity index (χ0n) is 34.5. The molecule has 2 aliphatic heterocycles. The van der Waals surface area contributed by atoms with Crippen molar-refractivity contribution in [1.82, 2.24) is 42.1 Å². The molecule has 2 aliphatic rings. The average molecular weight is 842 g/mol. The van der Waals surface area contributed by atoms with E-state index in [9.17, 15) is 48.6 Å². The molecule has 0 aromatic rings. The van der Waals surface area contributed by atoms with Crippen molar-refractivity contribution in [2.45, 2.75) is 147 Å². The summed E-state index contributed by atoms with van der Waals surface area (Å²) in [5, 5.41) is 39.2. The van der Waals surface area contributed by atoms with E-state index < -0.39 is 96.5 Å². The Balaban J connectivity index is 2.19. The summed E-state index contributed by atoms with van der Waals surface area (Å²) >= 11 is 4.22. The van der Waals surface area contributed by atoms with E-state index in [1.54, 1.807) is 13.8 Å². The Morgan fingerprint density at radius 3 is 1.90 bits per heavy atom. The minimum absolute atomic E-state index is 0.0272. The lowest BCUT2D eigenvalue weighted by Crippen LogP contribution is -2.62. The molecule has 58 heavy (non-hydrogen) atoms. The summed E-state index contributed by atoms with van der Waals surface area (Å²) in [6, 6.07) is -8.81. The van der Waals surface area contributed by atoms with Crippen LogP contribution in [-0.4, -0.2) is 149 Å². The van der Waals surface area contributed by atoms with Crippen molar-refractivity contribution >= 4 is 60.3 Å². The van der Waals surface area contributed by atoms with Gasteiger partial charge in [0.1, 0.15) is 42.5 Å². The first-order valence-electron chi connectivity index (χ1n) is 20.5. The van der Waals surface area contributed by atoms with Gasteiger partial charge in [-0.3, -0.25) is 33.6 Å². The Morgan fingerprint density at radius 1 is 0.776 bits per heavy atom. The lowest BCUT2D eigenvalue weighted by Gasteiger charge is -2.31. The predicted molar refractivity (Wildman–Crippen MR) is 218 cm³/mol. The largest absolute Gasteiger partial charge is 0.394 e. The molecule has 2 fully saturated rings. The number of carbonyl (C=O) groups is 8. The SMILES string of the molecule is CC[C@H](C)[C@H](NC(=O)[C@@H]1CCCN1)C(=O)N[C@@H](CS)C(=O)N[C@H](C(=O)N[C@@H](CCCCN)C(=O)N[C@@H](CO)C(=O)N[C@H](C(=O)N1CCC[C@H]1C=O)[C@@H](C)CC)[C@@H](C)O. The van der Waals surface area contributed by atoms with Crippen LogP contribution >= 0.6 is 12.6 Å². The van der Waals surface area contributed by atoms with E-state index in [0.717, 1.165) is 6.42 Å². The predicted octanol–water partition coefficient (Wildman–Crippen LogP) is -2.64. The van der Waals surface area contributed by atoms with Gasteiger partial charge < -0.3 is 62.9 Å². The summed E-state index contributed by atoms with van der Waals surface area (Å²) < 4.78 is 0. The number of aliphatic hydroxyl groups excluding tert-OH is 2. The lowest BCUT2D eigenvalue weighted by atomic mass is 9.97. The number of hydrogen-bond donors (Lipinski definition) is 11. The molecule has 330 valence electrons. The fraction of sp³-hybridized carbons (Fsp3) is 0.789. The molecule has 11 atom stereocenters. The minimum atomic E-state index is -1.62. The number of amides is 7. The van der Waals surface area contributed by atoms with Crippen molar-refractivity contribution in [3.8, 4) is 0 Å². The number of aliphatic hydroxyl groups is 2. The molecule has 11 N–H and O–H groups in total.